The Morgan fingerprint density at radius 3 is 2.76 bits per heavy atom. The van der Waals surface area contributed by atoms with Crippen LogP contribution in [0.15, 0.2) is 18.2 Å². The molecule has 0 aromatic heterocycles. The number of hydrogen-bond donors (Lipinski definition) is 1. The third-order valence-electron chi connectivity index (χ3n) is 5.52. The number of hydrogen-bond acceptors (Lipinski definition) is 3. The molecule has 5 nitrogen and oxygen atoms in total. The first-order chi connectivity index (χ1) is 11.9. The Morgan fingerprint density at radius 2 is 2.08 bits per heavy atom. The van der Waals surface area contributed by atoms with E-state index < -0.39 is 0 Å². The van der Waals surface area contributed by atoms with Gasteiger partial charge in [0.05, 0.1) is 16.7 Å². The van der Waals surface area contributed by atoms with E-state index in [0.29, 0.717) is 16.3 Å². The zero-order valence-electron chi connectivity index (χ0n) is 14.8. The molecule has 136 valence electrons. The molecule has 25 heavy (non-hydrogen) atoms. The van der Waals surface area contributed by atoms with Crippen LogP contribution >= 0.6 is 11.6 Å². The Bertz CT molecular complexity index is 679. The van der Waals surface area contributed by atoms with Gasteiger partial charge in [0, 0.05) is 38.2 Å². The molecule has 6 heteroatoms. The van der Waals surface area contributed by atoms with Crippen LogP contribution in [0.5, 0.6) is 0 Å². The predicted octanol–water partition coefficient (Wildman–Crippen LogP) is 3.72. The van der Waals surface area contributed by atoms with Crippen molar-refractivity contribution in [3.05, 3.63) is 28.8 Å². The first-order valence-electron chi connectivity index (χ1n) is 8.84. The molecule has 1 aromatic carbocycles. The lowest BCUT2D eigenvalue weighted by atomic mass is 9.76. The Balaban J connectivity index is 1.77. The summed E-state index contributed by atoms with van der Waals surface area (Å²) >= 11 is 6.31. The molecule has 1 N–H and O–H groups in total. The lowest BCUT2D eigenvalue weighted by Gasteiger charge is -2.43. The average Bonchev–Trinajstić information content (AvgIpc) is 2.95. The number of ether oxygens (including phenoxy) is 1. The number of methoxy groups -OCH3 is 1. The fourth-order valence-electron chi connectivity index (χ4n) is 4.41. The molecule has 1 aromatic rings. The van der Waals surface area contributed by atoms with Crippen molar-refractivity contribution in [2.45, 2.75) is 45.1 Å². The number of halogens is 1. The van der Waals surface area contributed by atoms with Crippen molar-refractivity contribution >= 4 is 29.1 Å². The van der Waals surface area contributed by atoms with Gasteiger partial charge in [-0.1, -0.05) is 18.0 Å². The highest BCUT2D eigenvalue weighted by atomic mass is 35.5. The summed E-state index contributed by atoms with van der Waals surface area (Å²) in [5.74, 6) is -0.208. The number of piperidine rings is 1. The number of nitrogens with one attached hydrogen (secondary N) is 1. The lowest BCUT2D eigenvalue weighted by molar-refractivity contribution is -0.114. The Labute approximate surface area is 153 Å². The van der Waals surface area contributed by atoms with Gasteiger partial charge in [-0.05, 0) is 43.9 Å². The van der Waals surface area contributed by atoms with Crippen LogP contribution < -0.4 is 5.32 Å². The summed E-state index contributed by atoms with van der Waals surface area (Å²) in [6.07, 6.45) is 5.69. The Morgan fingerprint density at radius 1 is 1.32 bits per heavy atom. The van der Waals surface area contributed by atoms with E-state index in [1.54, 1.807) is 25.3 Å². The SMILES string of the molecule is CO[C@@H]1CCC[C@]12CCCN(C(=O)c1ccc(NC(C)=O)cc1Cl)C2. The number of nitrogens with zero attached hydrogens (tertiary/aromatic N) is 1. The maximum atomic E-state index is 13.0. The van der Waals surface area contributed by atoms with Gasteiger partial charge in [-0.25, -0.2) is 0 Å². The van der Waals surface area contributed by atoms with Gasteiger partial charge in [-0.3, -0.25) is 9.59 Å². The largest absolute Gasteiger partial charge is 0.381 e. The molecular weight excluding hydrogens is 340 g/mol. The fourth-order valence-corrected chi connectivity index (χ4v) is 4.68. The minimum atomic E-state index is -0.167. The summed E-state index contributed by atoms with van der Waals surface area (Å²) in [5.41, 5.74) is 1.17. The Kier molecular flexibility index (Phi) is 5.35. The molecular formula is C19H25ClN2O3. The van der Waals surface area contributed by atoms with Crippen molar-refractivity contribution in [2.24, 2.45) is 5.41 Å². The molecule has 0 radical (unpaired) electrons. The molecule has 2 amide bonds. The van der Waals surface area contributed by atoms with Gasteiger partial charge < -0.3 is 15.0 Å². The molecule has 2 aliphatic rings. The number of benzene rings is 1. The van der Waals surface area contributed by atoms with Gasteiger partial charge in [-0.2, -0.15) is 0 Å². The summed E-state index contributed by atoms with van der Waals surface area (Å²) < 4.78 is 5.71. The lowest BCUT2D eigenvalue weighted by Crippen LogP contribution is -2.49. The summed E-state index contributed by atoms with van der Waals surface area (Å²) in [6, 6.07) is 5.04. The van der Waals surface area contributed by atoms with Crippen LogP contribution in [0.4, 0.5) is 5.69 Å². The number of amides is 2. The number of anilines is 1. The van der Waals surface area contributed by atoms with Crippen LogP contribution in [0.3, 0.4) is 0 Å². The molecule has 2 atom stereocenters. The maximum Gasteiger partial charge on any atom is 0.255 e. The van der Waals surface area contributed by atoms with Gasteiger partial charge in [0.25, 0.3) is 5.91 Å². The Hall–Kier alpha value is -1.59. The average molecular weight is 365 g/mol. The first kappa shape index (κ1) is 18.2. The van der Waals surface area contributed by atoms with Crippen LogP contribution in [0, 0.1) is 5.41 Å². The van der Waals surface area contributed by atoms with E-state index >= 15 is 0 Å². The fraction of sp³-hybridized carbons (Fsp3) is 0.579. The van der Waals surface area contributed by atoms with Gasteiger partial charge in [0.2, 0.25) is 5.91 Å². The monoisotopic (exact) mass is 364 g/mol. The van der Waals surface area contributed by atoms with E-state index in [9.17, 15) is 9.59 Å². The third-order valence-corrected chi connectivity index (χ3v) is 5.84. The van der Waals surface area contributed by atoms with Crippen LogP contribution in [-0.4, -0.2) is 43.0 Å². The number of rotatable bonds is 3. The molecule has 2 fully saturated rings. The molecule has 1 saturated carbocycles. The topological polar surface area (TPSA) is 58.6 Å². The summed E-state index contributed by atoms with van der Waals surface area (Å²) in [6.45, 7) is 2.92. The van der Waals surface area contributed by atoms with E-state index in [1.807, 2.05) is 4.90 Å². The van der Waals surface area contributed by atoms with E-state index in [0.717, 1.165) is 45.2 Å². The molecule has 1 heterocycles. The van der Waals surface area contributed by atoms with E-state index in [4.69, 9.17) is 16.3 Å². The second-order valence-electron chi connectivity index (χ2n) is 7.19. The normalized spacial score (nSPS) is 26.0. The molecule has 0 bridgehead atoms. The van der Waals surface area contributed by atoms with Crippen molar-refractivity contribution < 1.29 is 14.3 Å². The molecule has 3 rings (SSSR count). The minimum absolute atomic E-state index is 0.0415. The molecule has 1 saturated heterocycles. The minimum Gasteiger partial charge on any atom is -0.381 e. The zero-order valence-corrected chi connectivity index (χ0v) is 15.6. The summed E-state index contributed by atoms with van der Waals surface area (Å²) in [4.78, 5) is 26.1. The smallest absolute Gasteiger partial charge is 0.255 e. The van der Waals surface area contributed by atoms with E-state index in [-0.39, 0.29) is 23.3 Å². The second kappa shape index (κ2) is 7.34. The van der Waals surface area contributed by atoms with Crippen LogP contribution in [-0.2, 0) is 9.53 Å². The first-order valence-corrected chi connectivity index (χ1v) is 9.22. The van der Waals surface area contributed by atoms with Gasteiger partial charge >= 0.3 is 0 Å². The second-order valence-corrected chi connectivity index (χ2v) is 7.59. The quantitative estimate of drug-likeness (QED) is 0.889. The molecule has 1 spiro atoms. The molecule has 1 aliphatic carbocycles. The summed E-state index contributed by atoms with van der Waals surface area (Å²) in [5, 5.41) is 3.05. The van der Waals surface area contributed by atoms with Crippen LogP contribution in [0.25, 0.3) is 0 Å². The van der Waals surface area contributed by atoms with Crippen LogP contribution in [0.1, 0.15) is 49.4 Å². The van der Waals surface area contributed by atoms with Crippen molar-refractivity contribution in [2.75, 3.05) is 25.5 Å². The van der Waals surface area contributed by atoms with Crippen molar-refractivity contribution in [3.8, 4) is 0 Å². The highest BCUT2D eigenvalue weighted by Crippen LogP contribution is 2.46. The third kappa shape index (κ3) is 3.67. The number of carbonyl (C=O) groups is 2. The predicted molar refractivity (Wildman–Crippen MR) is 98.0 cm³/mol. The maximum absolute atomic E-state index is 13.0. The van der Waals surface area contributed by atoms with Crippen molar-refractivity contribution in [1.29, 1.82) is 0 Å². The number of carbonyl (C=O) groups excluding carboxylic acids is 2. The van der Waals surface area contributed by atoms with Crippen LogP contribution in [0.2, 0.25) is 5.02 Å². The van der Waals surface area contributed by atoms with E-state index in [2.05, 4.69) is 5.32 Å². The number of likely N-dealkylation sites (tertiary alicyclic amines) is 1. The summed E-state index contributed by atoms with van der Waals surface area (Å²) in [7, 11) is 1.77. The van der Waals surface area contributed by atoms with Gasteiger partial charge in [-0.15, -0.1) is 0 Å². The molecule has 0 unspecified atom stereocenters. The van der Waals surface area contributed by atoms with Gasteiger partial charge in [0.15, 0.2) is 0 Å². The molecule has 1 aliphatic heterocycles. The zero-order chi connectivity index (χ0) is 18.0. The highest BCUT2D eigenvalue weighted by molar-refractivity contribution is 6.34. The van der Waals surface area contributed by atoms with Crippen molar-refractivity contribution in [3.63, 3.8) is 0 Å². The van der Waals surface area contributed by atoms with Crippen molar-refractivity contribution in [1.82, 2.24) is 4.90 Å². The van der Waals surface area contributed by atoms with Gasteiger partial charge in [0.1, 0.15) is 0 Å². The van der Waals surface area contributed by atoms with E-state index in [1.165, 1.54) is 6.92 Å². The standard InChI is InChI=1S/C19H25ClN2O3/c1-13(23)21-14-6-7-15(16(20)11-14)18(24)22-10-4-9-19(12-22)8-3-5-17(19)25-2/h6-7,11,17H,3-5,8-10,12H2,1-2H3,(H,21,23)/t17-,19-/m1/s1. The highest BCUT2D eigenvalue weighted by Gasteiger charge is 2.46.